The van der Waals surface area contributed by atoms with Crippen LogP contribution in [0.15, 0.2) is 36.7 Å². The minimum atomic E-state index is 0. The predicted molar refractivity (Wildman–Crippen MR) is 103 cm³/mol. The quantitative estimate of drug-likeness (QED) is 0.859. The second-order valence-electron chi connectivity index (χ2n) is 6.13. The zero-order chi connectivity index (χ0) is 16.9. The van der Waals surface area contributed by atoms with Crippen molar-refractivity contribution in [2.75, 3.05) is 19.6 Å². The van der Waals surface area contributed by atoms with Crippen molar-refractivity contribution in [1.29, 1.82) is 0 Å². The molecule has 136 valence electrons. The van der Waals surface area contributed by atoms with Gasteiger partial charge in [-0.1, -0.05) is 24.6 Å². The van der Waals surface area contributed by atoms with Crippen LogP contribution in [0.2, 0.25) is 5.02 Å². The van der Waals surface area contributed by atoms with Crippen molar-refractivity contribution < 1.29 is 4.79 Å². The first-order valence-corrected chi connectivity index (χ1v) is 8.89. The summed E-state index contributed by atoms with van der Waals surface area (Å²) in [5.74, 6) is 0.0667. The fourth-order valence-electron chi connectivity index (χ4n) is 3.17. The van der Waals surface area contributed by atoms with Gasteiger partial charge in [-0.05, 0) is 50.6 Å². The molecule has 2 aromatic rings. The van der Waals surface area contributed by atoms with Crippen molar-refractivity contribution in [1.82, 2.24) is 20.0 Å². The summed E-state index contributed by atoms with van der Waals surface area (Å²) in [6.45, 7) is 4.84. The molecule has 1 fully saturated rings. The van der Waals surface area contributed by atoms with Crippen LogP contribution in [0.3, 0.4) is 0 Å². The number of amides is 1. The lowest BCUT2D eigenvalue weighted by Gasteiger charge is -2.34. The number of hydrogen-bond acceptors (Lipinski definition) is 3. The molecule has 3 rings (SSSR count). The van der Waals surface area contributed by atoms with Crippen LogP contribution in [0.5, 0.6) is 0 Å². The molecule has 0 saturated carbocycles. The lowest BCUT2D eigenvalue weighted by Crippen LogP contribution is -2.46. The second-order valence-corrected chi connectivity index (χ2v) is 6.57. The van der Waals surface area contributed by atoms with E-state index >= 15 is 0 Å². The molecule has 1 aliphatic rings. The second kappa shape index (κ2) is 9.22. The van der Waals surface area contributed by atoms with E-state index in [2.05, 4.69) is 17.3 Å². The Bertz CT molecular complexity index is 698. The average Bonchev–Trinajstić information content (AvgIpc) is 3.10. The van der Waals surface area contributed by atoms with Crippen LogP contribution >= 0.6 is 24.0 Å². The number of carbonyl (C=O) groups is 1. The number of halogens is 2. The number of aromatic nitrogens is 2. The van der Waals surface area contributed by atoms with Crippen LogP contribution in [-0.2, 0) is 0 Å². The van der Waals surface area contributed by atoms with Crippen molar-refractivity contribution in [3.05, 3.63) is 47.2 Å². The van der Waals surface area contributed by atoms with Crippen molar-refractivity contribution in [2.45, 2.75) is 32.2 Å². The lowest BCUT2D eigenvalue weighted by molar-refractivity contribution is 0.0642. The molecule has 0 unspecified atom stereocenters. The number of nitrogens with zero attached hydrogens (tertiary/aromatic N) is 3. The molecular weight excluding hydrogens is 359 g/mol. The van der Waals surface area contributed by atoms with Gasteiger partial charge in [0.15, 0.2) is 0 Å². The molecule has 2 heterocycles. The van der Waals surface area contributed by atoms with Crippen LogP contribution in [0.4, 0.5) is 0 Å². The van der Waals surface area contributed by atoms with Gasteiger partial charge in [-0.3, -0.25) is 4.79 Å². The zero-order valence-corrected chi connectivity index (χ0v) is 15.9. The summed E-state index contributed by atoms with van der Waals surface area (Å²) < 4.78 is 1.70. The summed E-state index contributed by atoms with van der Waals surface area (Å²) in [7, 11) is 0. The standard InChI is InChI=1S/C18H23ClN4O.ClH/c1-2-10-22(16-6-8-20-9-7-16)18(24)14-12-21-23(13-14)17-5-3-4-15(19)11-17;/h3-5,11-13,16,20H,2,6-10H2,1H3;1H. The number of carbonyl (C=O) groups excluding carboxylic acids is 1. The average molecular weight is 383 g/mol. The third kappa shape index (κ3) is 4.75. The highest BCUT2D eigenvalue weighted by Crippen LogP contribution is 2.18. The molecule has 0 spiro atoms. The Labute approximate surface area is 159 Å². The van der Waals surface area contributed by atoms with Gasteiger partial charge in [0.05, 0.1) is 17.4 Å². The fourth-order valence-corrected chi connectivity index (χ4v) is 3.35. The topological polar surface area (TPSA) is 50.2 Å². The molecule has 1 amide bonds. The van der Waals surface area contributed by atoms with E-state index in [0.717, 1.165) is 44.6 Å². The Morgan fingerprint density at radius 2 is 2.16 bits per heavy atom. The Hall–Kier alpha value is -1.56. The van der Waals surface area contributed by atoms with Crippen molar-refractivity contribution in [3.8, 4) is 5.69 Å². The summed E-state index contributed by atoms with van der Waals surface area (Å²) >= 11 is 6.04. The maximum Gasteiger partial charge on any atom is 0.257 e. The van der Waals surface area contributed by atoms with Gasteiger partial charge in [0.25, 0.3) is 5.91 Å². The first-order valence-electron chi connectivity index (χ1n) is 8.51. The number of benzene rings is 1. The zero-order valence-electron chi connectivity index (χ0n) is 14.3. The van der Waals surface area contributed by atoms with Crippen LogP contribution in [0.1, 0.15) is 36.5 Å². The number of hydrogen-bond donors (Lipinski definition) is 1. The lowest BCUT2D eigenvalue weighted by atomic mass is 10.0. The van der Waals surface area contributed by atoms with Crippen LogP contribution in [0.25, 0.3) is 5.69 Å². The van der Waals surface area contributed by atoms with Crippen LogP contribution in [-0.4, -0.2) is 46.3 Å². The Morgan fingerprint density at radius 3 is 2.84 bits per heavy atom. The van der Waals surface area contributed by atoms with Crippen molar-refractivity contribution >= 4 is 29.9 Å². The number of piperidine rings is 1. The van der Waals surface area contributed by atoms with E-state index in [9.17, 15) is 4.79 Å². The van der Waals surface area contributed by atoms with Gasteiger partial charge in [0.1, 0.15) is 0 Å². The van der Waals surface area contributed by atoms with E-state index in [1.54, 1.807) is 17.1 Å². The summed E-state index contributed by atoms with van der Waals surface area (Å²) in [6, 6.07) is 7.76. The van der Waals surface area contributed by atoms with E-state index in [1.165, 1.54) is 0 Å². The molecule has 1 aromatic carbocycles. The Balaban J connectivity index is 0.00000225. The monoisotopic (exact) mass is 382 g/mol. The summed E-state index contributed by atoms with van der Waals surface area (Å²) in [6.07, 6.45) is 6.41. The first kappa shape index (κ1) is 19.8. The molecule has 0 atom stereocenters. The SMILES string of the molecule is CCCN(C(=O)c1cnn(-c2cccc(Cl)c2)c1)C1CCNCC1.Cl. The summed E-state index contributed by atoms with van der Waals surface area (Å²) in [5, 5.41) is 8.34. The number of rotatable bonds is 5. The van der Waals surface area contributed by atoms with Crippen LogP contribution in [0, 0.1) is 0 Å². The largest absolute Gasteiger partial charge is 0.335 e. The molecule has 1 aromatic heterocycles. The van der Waals surface area contributed by atoms with E-state index in [1.807, 2.05) is 29.2 Å². The van der Waals surface area contributed by atoms with Gasteiger partial charge in [0, 0.05) is 23.8 Å². The molecule has 25 heavy (non-hydrogen) atoms. The maximum atomic E-state index is 13.0. The number of nitrogens with one attached hydrogen (secondary N) is 1. The minimum absolute atomic E-state index is 0. The maximum absolute atomic E-state index is 13.0. The first-order chi connectivity index (χ1) is 11.7. The third-order valence-corrected chi connectivity index (χ3v) is 4.61. The van der Waals surface area contributed by atoms with Gasteiger partial charge < -0.3 is 10.2 Å². The van der Waals surface area contributed by atoms with E-state index in [0.29, 0.717) is 16.6 Å². The van der Waals surface area contributed by atoms with E-state index in [-0.39, 0.29) is 18.3 Å². The molecule has 1 N–H and O–H groups in total. The summed E-state index contributed by atoms with van der Waals surface area (Å²) in [5.41, 5.74) is 1.48. The van der Waals surface area contributed by atoms with Crippen LogP contribution < -0.4 is 5.32 Å². The minimum Gasteiger partial charge on any atom is -0.335 e. The van der Waals surface area contributed by atoms with Crippen molar-refractivity contribution in [3.63, 3.8) is 0 Å². The Kier molecular flexibility index (Phi) is 7.29. The fraction of sp³-hybridized carbons (Fsp3) is 0.444. The smallest absolute Gasteiger partial charge is 0.257 e. The molecule has 0 bridgehead atoms. The van der Waals surface area contributed by atoms with Gasteiger partial charge >= 0.3 is 0 Å². The molecule has 1 saturated heterocycles. The third-order valence-electron chi connectivity index (χ3n) is 4.38. The molecule has 7 heteroatoms. The van der Waals surface area contributed by atoms with Gasteiger partial charge in [-0.25, -0.2) is 4.68 Å². The molecule has 0 radical (unpaired) electrons. The normalized spacial score (nSPS) is 14.8. The van der Waals surface area contributed by atoms with Crippen molar-refractivity contribution in [2.24, 2.45) is 0 Å². The van der Waals surface area contributed by atoms with Gasteiger partial charge in [-0.2, -0.15) is 5.10 Å². The highest BCUT2D eigenvalue weighted by atomic mass is 35.5. The van der Waals surface area contributed by atoms with Gasteiger partial charge in [0.2, 0.25) is 0 Å². The molecular formula is C18H24Cl2N4O. The van der Waals surface area contributed by atoms with Gasteiger partial charge in [-0.15, -0.1) is 12.4 Å². The molecule has 1 aliphatic heterocycles. The highest BCUT2D eigenvalue weighted by molar-refractivity contribution is 6.30. The summed E-state index contributed by atoms with van der Waals surface area (Å²) in [4.78, 5) is 15.0. The van der Waals surface area contributed by atoms with E-state index in [4.69, 9.17) is 11.6 Å². The van der Waals surface area contributed by atoms with E-state index < -0.39 is 0 Å². The highest BCUT2D eigenvalue weighted by Gasteiger charge is 2.26. The Morgan fingerprint density at radius 1 is 1.40 bits per heavy atom. The molecule has 5 nitrogen and oxygen atoms in total. The molecule has 0 aliphatic carbocycles. The predicted octanol–water partition coefficient (Wildman–Crippen LogP) is 3.55.